The van der Waals surface area contributed by atoms with Gasteiger partial charge in [-0.05, 0) is 56.0 Å². The van der Waals surface area contributed by atoms with Crippen molar-refractivity contribution in [2.45, 2.75) is 64.5 Å². The molecule has 276 valence electrons. The number of hydrogen-bond donors (Lipinski definition) is 2. The zero-order valence-corrected chi connectivity index (χ0v) is 30.7. The van der Waals surface area contributed by atoms with E-state index in [9.17, 15) is 26.9 Å². The molecule has 0 bridgehead atoms. The molecule has 2 saturated heterocycles. The molecule has 0 unspecified atom stereocenters. The average molecular weight is 748 g/mol. The zero-order chi connectivity index (χ0) is 36.3. The van der Waals surface area contributed by atoms with E-state index in [1.165, 1.54) is 23.3 Å². The lowest BCUT2D eigenvalue weighted by atomic mass is 10.0. The number of fused-ring (bicyclic) bond motifs is 2. The Morgan fingerprint density at radius 2 is 1.84 bits per heavy atom. The predicted molar refractivity (Wildman–Crippen MR) is 192 cm³/mol. The summed E-state index contributed by atoms with van der Waals surface area (Å²) in [4.78, 5) is 14.0. The Bertz CT molecular complexity index is 1980. The van der Waals surface area contributed by atoms with Gasteiger partial charge < -0.3 is 14.6 Å². The SMILES string of the molecule is COCCNS(=O)(=O)N1CCN([C@@H](C)Cn2c(C#N)cc3c(C)c(CN4CCC(Nc5ncnc6sc(CC(F)(F)F)cc56)CC4)ccc32)CC1. The van der Waals surface area contributed by atoms with Crippen molar-refractivity contribution in [3.8, 4) is 6.07 Å². The lowest BCUT2D eigenvalue weighted by Gasteiger charge is -2.37. The number of thiophene rings is 1. The number of methoxy groups -OCH3 is 1. The van der Waals surface area contributed by atoms with Crippen LogP contribution in [0.3, 0.4) is 0 Å². The molecule has 2 aliphatic heterocycles. The van der Waals surface area contributed by atoms with Crippen molar-refractivity contribution in [2.24, 2.45) is 0 Å². The Balaban J connectivity index is 1.05. The third kappa shape index (κ3) is 8.82. The highest BCUT2D eigenvalue weighted by atomic mass is 32.2. The van der Waals surface area contributed by atoms with Crippen molar-refractivity contribution in [1.82, 2.24) is 33.4 Å². The summed E-state index contributed by atoms with van der Waals surface area (Å²) in [5, 5.41) is 15.2. The van der Waals surface area contributed by atoms with Gasteiger partial charge in [-0.15, -0.1) is 11.3 Å². The summed E-state index contributed by atoms with van der Waals surface area (Å²) in [5.74, 6) is 0.581. The number of likely N-dealkylation sites (tertiary alicyclic amines) is 1. The molecule has 0 saturated carbocycles. The molecular formula is C34H44F3N9O3S2. The summed E-state index contributed by atoms with van der Waals surface area (Å²) in [5.41, 5.74) is 3.95. The third-order valence-corrected chi connectivity index (χ3v) is 12.6. The van der Waals surface area contributed by atoms with Gasteiger partial charge >= 0.3 is 6.18 Å². The van der Waals surface area contributed by atoms with E-state index in [2.05, 4.69) is 66.4 Å². The van der Waals surface area contributed by atoms with Gasteiger partial charge in [-0.25, -0.2) is 9.97 Å². The maximum atomic E-state index is 13.0. The van der Waals surface area contributed by atoms with Crippen LogP contribution in [-0.4, -0.2) is 115 Å². The van der Waals surface area contributed by atoms with Crippen LogP contribution in [0.25, 0.3) is 21.1 Å². The van der Waals surface area contributed by atoms with Gasteiger partial charge in [-0.1, -0.05) is 6.07 Å². The van der Waals surface area contributed by atoms with E-state index in [4.69, 9.17) is 4.74 Å². The van der Waals surface area contributed by atoms with Crippen molar-refractivity contribution in [3.63, 3.8) is 0 Å². The number of nitrogens with one attached hydrogen (secondary N) is 2. The van der Waals surface area contributed by atoms with Gasteiger partial charge in [0.1, 0.15) is 28.7 Å². The highest BCUT2D eigenvalue weighted by molar-refractivity contribution is 7.87. The second kappa shape index (κ2) is 15.7. The van der Waals surface area contributed by atoms with Crippen molar-refractivity contribution in [3.05, 3.63) is 52.3 Å². The van der Waals surface area contributed by atoms with E-state index in [0.29, 0.717) is 61.1 Å². The summed E-state index contributed by atoms with van der Waals surface area (Å²) in [6, 6.07) is 10.4. The van der Waals surface area contributed by atoms with E-state index in [1.807, 2.05) is 6.07 Å². The molecule has 6 rings (SSSR count). The Labute approximate surface area is 300 Å². The van der Waals surface area contributed by atoms with Crippen molar-refractivity contribution < 1.29 is 26.3 Å². The van der Waals surface area contributed by atoms with Crippen LogP contribution in [0.15, 0.2) is 30.6 Å². The third-order valence-electron chi connectivity index (χ3n) is 9.93. The zero-order valence-electron chi connectivity index (χ0n) is 29.0. The van der Waals surface area contributed by atoms with Gasteiger partial charge in [0.15, 0.2) is 0 Å². The number of hydrogen-bond acceptors (Lipinski definition) is 10. The maximum Gasteiger partial charge on any atom is 0.393 e. The van der Waals surface area contributed by atoms with Crippen LogP contribution in [0.2, 0.25) is 0 Å². The fourth-order valence-electron chi connectivity index (χ4n) is 7.09. The van der Waals surface area contributed by atoms with Gasteiger partial charge in [0.05, 0.1) is 18.4 Å². The van der Waals surface area contributed by atoms with Gasteiger partial charge in [0.2, 0.25) is 0 Å². The smallest absolute Gasteiger partial charge is 0.383 e. The predicted octanol–water partition coefficient (Wildman–Crippen LogP) is 4.49. The first-order valence-electron chi connectivity index (χ1n) is 17.1. The number of anilines is 1. The molecular weight excluding hydrogens is 704 g/mol. The van der Waals surface area contributed by atoms with Crippen LogP contribution < -0.4 is 10.0 Å². The Hall–Kier alpha value is -3.37. The van der Waals surface area contributed by atoms with Crippen LogP contribution in [0.4, 0.5) is 19.0 Å². The molecule has 2 aliphatic rings. The van der Waals surface area contributed by atoms with Crippen LogP contribution in [0.1, 0.15) is 41.5 Å². The largest absolute Gasteiger partial charge is 0.393 e. The molecule has 0 radical (unpaired) electrons. The minimum atomic E-state index is -4.27. The fraction of sp³-hybridized carbons (Fsp3) is 0.559. The molecule has 17 heteroatoms. The van der Waals surface area contributed by atoms with Gasteiger partial charge in [0.25, 0.3) is 10.2 Å². The summed E-state index contributed by atoms with van der Waals surface area (Å²) in [6.45, 7) is 9.85. The lowest BCUT2D eigenvalue weighted by Crippen LogP contribution is -2.54. The molecule has 51 heavy (non-hydrogen) atoms. The number of aromatic nitrogens is 3. The minimum absolute atomic E-state index is 0.0917. The molecule has 3 aromatic heterocycles. The number of nitrogens with zero attached hydrogens (tertiary/aromatic N) is 7. The van der Waals surface area contributed by atoms with Crippen molar-refractivity contribution in [1.29, 1.82) is 5.26 Å². The summed E-state index contributed by atoms with van der Waals surface area (Å²) in [7, 11) is -2.02. The molecule has 1 aromatic carbocycles. The first-order valence-corrected chi connectivity index (χ1v) is 19.4. The molecule has 0 spiro atoms. The molecule has 0 aliphatic carbocycles. The molecule has 5 heterocycles. The lowest BCUT2D eigenvalue weighted by molar-refractivity contribution is -0.126. The van der Waals surface area contributed by atoms with Gasteiger partial charge in [0, 0.05) is 93.9 Å². The van der Waals surface area contributed by atoms with Crippen LogP contribution >= 0.6 is 11.3 Å². The molecule has 2 fully saturated rings. The Kier molecular flexibility index (Phi) is 11.5. The number of alkyl halides is 3. The summed E-state index contributed by atoms with van der Waals surface area (Å²) < 4.78 is 75.2. The molecule has 1 atom stereocenters. The van der Waals surface area contributed by atoms with Crippen LogP contribution in [0, 0.1) is 18.3 Å². The highest BCUT2D eigenvalue weighted by Crippen LogP contribution is 2.33. The molecule has 2 N–H and O–H groups in total. The van der Waals surface area contributed by atoms with E-state index in [-0.39, 0.29) is 23.5 Å². The maximum absolute atomic E-state index is 13.0. The molecule has 4 aromatic rings. The Morgan fingerprint density at radius 3 is 2.53 bits per heavy atom. The number of piperidine rings is 1. The number of ether oxygens (including phenoxy) is 1. The number of halogens is 3. The van der Waals surface area contributed by atoms with E-state index in [1.54, 1.807) is 6.07 Å². The topological polar surface area (TPSA) is 132 Å². The first-order chi connectivity index (χ1) is 24.3. The fourth-order valence-corrected chi connectivity index (χ4v) is 9.28. The van der Waals surface area contributed by atoms with Crippen molar-refractivity contribution in [2.75, 3.05) is 64.8 Å². The van der Waals surface area contributed by atoms with E-state index < -0.39 is 22.8 Å². The Morgan fingerprint density at radius 1 is 1.10 bits per heavy atom. The second-order valence-corrected chi connectivity index (χ2v) is 16.2. The van der Waals surface area contributed by atoms with Crippen molar-refractivity contribution >= 4 is 48.5 Å². The van der Waals surface area contributed by atoms with Gasteiger partial charge in [-0.2, -0.15) is 35.9 Å². The number of aryl methyl sites for hydroxylation is 1. The second-order valence-electron chi connectivity index (χ2n) is 13.4. The molecule has 0 amide bonds. The normalized spacial score (nSPS) is 18.1. The average Bonchev–Trinajstić information content (AvgIpc) is 3.67. The van der Waals surface area contributed by atoms with E-state index in [0.717, 1.165) is 60.3 Å². The summed E-state index contributed by atoms with van der Waals surface area (Å²) >= 11 is 1.05. The first kappa shape index (κ1) is 37.4. The van der Waals surface area contributed by atoms with Crippen LogP contribution in [-0.2, 0) is 34.5 Å². The van der Waals surface area contributed by atoms with Gasteiger partial charge in [-0.3, -0.25) is 9.80 Å². The minimum Gasteiger partial charge on any atom is -0.383 e. The standard InChI is InChI=1S/C34H44F3N9O3S2/c1-23(44-11-13-45(14-12-44)51(47,48)41-8-15-49-3)20-46-27(19-38)16-29-24(2)25(4-5-31(29)46)21-43-9-6-26(7-10-43)42-32-30-17-28(18-34(35,36)37)50-33(30)40-22-39-32/h4-5,16-17,22-23,26,41H,6-15,18,20-21H2,1-3H3,(H,39,40,42)/t23-/m0/s1. The summed E-state index contributed by atoms with van der Waals surface area (Å²) in [6.07, 6.45) is -2.11. The number of rotatable bonds is 13. The monoisotopic (exact) mass is 747 g/mol. The highest BCUT2D eigenvalue weighted by Gasteiger charge is 2.31. The quantitative estimate of drug-likeness (QED) is 0.190. The van der Waals surface area contributed by atoms with Crippen LogP contribution in [0.5, 0.6) is 0 Å². The number of benzene rings is 1. The van der Waals surface area contributed by atoms with E-state index >= 15 is 0 Å². The number of piperazine rings is 1. The molecule has 12 nitrogen and oxygen atoms in total. The number of nitriles is 1.